The van der Waals surface area contributed by atoms with Gasteiger partial charge in [0.1, 0.15) is 18.1 Å². The van der Waals surface area contributed by atoms with Crippen LogP contribution in [0, 0.1) is 5.82 Å². The average Bonchev–Trinajstić information content (AvgIpc) is 3.31. The lowest BCUT2D eigenvalue weighted by Gasteiger charge is -2.33. The van der Waals surface area contributed by atoms with Crippen LogP contribution in [-0.4, -0.2) is 37.1 Å². The van der Waals surface area contributed by atoms with E-state index >= 15 is 0 Å². The summed E-state index contributed by atoms with van der Waals surface area (Å²) in [6.07, 6.45) is 0. The van der Waals surface area contributed by atoms with E-state index in [9.17, 15) is 18.8 Å². The summed E-state index contributed by atoms with van der Waals surface area (Å²) in [5, 5.41) is 2.69. The molecule has 172 valence electrons. The van der Waals surface area contributed by atoms with Gasteiger partial charge in [0.25, 0.3) is 5.91 Å². The van der Waals surface area contributed by atoms with Gasteiger partial charge in [-0.05, 0) is 42.5 Å². The van der Waals surface area contributed by atoms with Gasteiger partial charge in [0.2, 0.25) is 16.7 Å². The predicted octanol–water partition coefficient (Wildman–Crippen LogP) is 3.75. The molecule has 0 aliphatic carbocycles. The van der Waals surface area contributed by atoms with E-state index in [1.807, 2.05) is 12.1 Å². The Kier molecular flexibility index (Phi) is 5.49. The van der Waals surface area contributed by atoms with Crippen LogP contribution in [0.3, 0.4) is 0 Å². The maximum absolute atomic E-state index is 14.0. The summed E-state index contributed by atoms with van der Waals surface area (Å²) in [5.74, 6) is -0.752. The number of amides is 3. The molecule has 1 atom stereocenters. The molecule has 7 nitrogen and oxygen atoms in total. The SMILES string of the molecule is COc1cccc(N2C(=O)CS[C@@]23C(=O)N(CC(=O)Nc2ccc(F)cc2)c2ccccc23)c1. The average molecular weight is 478 g/mol. The van der Waals surface area contributed by atoms with Crippen LogP contribution in [0.25, 0.3) is 0 Å². The number of fused-ring (bicyclic) bond motifs is 2. The number of nitrogens with zero attached hydrogens (tertiary/aromatic N) is 2. The molecule has 9 heteroatoms. The van der Waals surface area contributed by atoms with E-state index in [0.717, 1.165) is 0 Å². The van der Waals surface area contributed by atoms with Gasteiger partial charge >= 0.3 is 0 Å². The lowest BCUT2D eigenvalue weighted by molar-refractivity contribution is -0.124. The second-order valence-corrected chi connectivity index (χ2v) is 9.00. The highest BCUT2D eigenvalue weighted by Gasteiger charge is 2.61. The molecular formula is C25H20FN3O4S. The zero-order valence-electron chi connectivity index (χ0n) is 18.2. The van der Waals surface area contributed by atoms with E-state index in [2.05, 4.69) is 5.32 Å². The number of hydrogen-bond donors (Lipinski definition) is 1. The van der Waals surface area contributed by atoms with Gasteiger partial charge in [0.05, 0.1) is 18.6 Å². The van der Waals surface area contributed by atoms with Crippen LogP contribution in [-0.2, 0) is 19.3 Å². The van der Waals surface area contributed by atoms with Gasteiger partial charge in [-0.3, -0.25) is 24.2 Å². The van der Waals surface area contributed by atoms with Crippen molar-refractivity contribution in [1.82, 2.24) is 0 Å². The molecule has 2 aliphatic rings. The minimum absolute atomic E-state index is 0.118. The number of rotatable bonds is 5. The number of hydrogen-bond acceptors (Lipinski definition) is 5. The second-order valence-electron chi connectivity index (χ2n) is 7.83. The number of methoxy groups -OCH3 is 1. The Bertz CT molecular complexity index is 1300. The first-order valence-electron chi connectivity index (χ1n) is 10.5. The highest BCUT2D eigenvalue weighted by molar-refractivity contribution is 8.02. The molecule has 0 aromatic heterocycles. The van der Waals surface area contributed by atoms with Crippen LogP contribution in [0.5, 0.6) is 5.75 Å². The molecule has 2 heterocycles. The molecular weight excluding hydrogens is 457 g/mol. The fraction of sp³-hybridized carbons (Fsp3) is 0.160. The quantitative estimate of drug-likeness (QED) is 0.606. The van der Waals surface area contributed by atoms with Crippen molar-refractivity contribution in [1.29, 1.82) is 0 Å². The molecule has 5 rings (SSSR count). The normalized spacial score (nSPS) is 19.0. The molecule has 0 unspecified atom stereocenters. The van der Waals surface area contributed by atoms with Gasteiger partial charge in [-0.15, -0.1) is 11.8 Å². The highest BCUT2D eigenvalue weighted by Crippen LogP contribution is 2.55. The molecule has 0 saturated carbocycles. The number of carbonyl (C=O) groups excluding carboxylic acids is 3. The van der Waals surface area contributed by atoms with Crippen molar-refractivity contribution in [3.63, 3.8) is 0 Å². The molecule has 1 N–H and O–H groups in total. The summed E-state index contributed by atoms with van der Waals surface area (Å²) in [7, 11) is 1.53. The second kappa shape index (κ2) is 8.49. The minimum Gasteiger partial charge on any atom is -0.497 e. The predicted molar refractivity (Wildman–Crippen MR) is 128 cm³/mol. The molecule has 0 bridgehead atoms. The first-order chi connectivity index (χ1) is 16.4. The van der Waals surface area contributed by atoms with Crippen molar-refractivity contribution in [2.45, 2.75) is 4.87 Å². The fourth-order valence-electron chi connectivity index (χ4n) is 4.34. The van der Waals surface area contributed by atoms with Gasteiger partial charge in [0.15, 0.2) is 0 Å². The zero-order chi connectivity index (χ0) is 23.9. The Morgan fingerprint density at radius 2 is 1.85 bits per heavy atom. The minimum atomic E-state index is -1.32. The van der Waals surface area contributed by atoms with Gasteiger partial charge < -0.3 is 10.1 Å². The van der Waals surface area contributed by atoms with Crippen molar-refractivity contribution in [2.24, 2.45) is 0 Å². The Hall–Kier alpha value is -3.85. The van der Waals surface area contributed by atoms with Crippen molar-refractivity contribution in [3.05, 3.63) is 84.2 Å². The van der Waals surface area contributed by atoms with Gasteiger partial charge in [0, 0.05) is 23.0 Å². The number of ether oxygens (including phenoxy) is 1. The summed E-state index contributed by atoms with van der Waals surface area (Å²) in [5.41, 5.74) is 2.17. The molecule has 3 aromatic rings. The highest BCUT2D eigenvalue weighted by atomic mass is 32.2. The Labute approximate surface area is 199 Å². The smallest absolute Gasteiger partial charge is 0.269 e. The van der Waals surface area contributed by atoms with E-state index in [0.29, 0.717) is 28.4 Å². The molecule has 3 aromatic carbocycles. The summed E-state index contributed by atoms with van der Waals surface area (Å²) < 4.78 is 18.5. The lowest BCUT2D eigenvalue weighted by Crippen LogP contribution is -2.50. The first kappa shape index (κ1) is 22.0. The first-order valence-corrected chi connectivity index (χ1v) is 11.5. The molecule has 1 fully saturated rings. The van der Waals surface area contributed by atoms with Crippen LogP contribution in [0.2, 0.25) is 0 Å². The van der Waals surface area contributed by atoms with Gasteiger partial charge in [-0.1, -0.05) is 24.3 Å². The molecule has 0 radical (unpaired) electrons. The topological polar surface area (TPSA) is 79.0 Å². The zero-order valence-corrected chi connectivity index (χ0v) is 19.0. The number of anilines is 3. The summed E-state index contributed by atoms with van der Waals surface area (Å²) in [6, 6.07) is 19.5. The third-order valence-electron chi connectivity index (χ3n) is 5.81. The molecule has 3 amide bonds. The van der Waals surface area contributed by atoms with Crippen LogP contribution >= 0.6 is 11.8 Å². The monoisotopic (exact) mass is 477 g/mol. The van der Waals surface area contributed by atoms with Crippen LogP contribution in [0.4, 0.5) is 21.5 Å². The third kappa shape index (κ3) is 3.49. The Balaban J connectivity index is 1.51. The van der Waals surface area contributed by atoms with Crippen molar-refractivity contribution in [3.8, 4) is 5.75 Å². The van der Waals surface area contributed by atoms with E-state index < -0.39 is 16.6 Å². The van der Waals surface area contributed by atoms with E-state index in [-0.39, 0.29) is 24.1 Å². The molecule has 1 spiro atoms. The Morgan fingerprint density at radius 3 is 2.62 bits per heavy atom. The van der Waals surface area contributed by atoms with Crippen molar-refractivity contribution >= 4 is 46.5 Å². The fourth-order valence-corrected chi connectivity index (χ4v) is 5.70. The van der Waals surface area contributed by atoms with Gasteiger partial charge in [-0.25, -0.2) is 4.39 Å². The number of halogens is 1. The summed E-state index contributed by atoms with van der Waals surface area (Å²) >= 11 is 1.24. The molecule has 34 heavy (non-hydrogen) atoms. The largest absolute Gasteiger partial charge is 0.497 e. The number of carbonyl (C=O) groups is 3. The number of para-hydroxylation sites is 1. The number of benzene rings is 3. The van der Waals surface area contributed by atoms with Crippen molar-refractivity contribution < 1.29 is 23.5 Å². The third-order valence-corrected chi connectivity index (χ3v) is 7.19. The number of nitrogens with one attached hydrogen (secondary N) is 1. The van der Waals surface area contributed by atoms with Crippen LogP contribution < -0.4 is 19.9 Å². The van der Waals surface area contributed by atoms with Crippen LogP contribution in [0.15, 0.2) is 72.8 Å². The molecule has 1 saturated heterocycles. The maximum atomic E-state index is 14.0. The number of thioether (sulfide) groups is 1. The van der Waals surface area contributed by atoms with Crippen molar-refractivity contribution in [2.75, 3.05) is 34.5 Å². The lowest BCUT2D eigenvalue weighted by atomic mass is 10.0. The standard InChI is InChI=1S/C25H20FN3O4S/c1-33-19-6-4-5-18(13-19)29-23(31)15-34-25(29)20-7-2-3-8-21(20)28(24(25)32)14-22(30)27-17-11-9-16(26)10-12-17/h2-13H,14-15H2,1H3,(H,27,30)/t25-/m0/s1. The van der Waals surface area contributed by atoms with E-state index in [1.54, 1.807) is 36.4 Å². The van der Waals surface area contributed by atoms with E-state index in [1.165, 1.54) is 52.9 Å². The van der Waals surface area contributed by atoms with E-state index in [4.69, 9.17) is 4.74 Å². The van der Waals surface area contributed by atoms with Gasteiger partial charge in [-0.2, -0.15) is 0 Å². The Morgan fingerprint density at radius 1 is 1.09 bits per heavy atom. The molecule has 2 aliphatic heterocycles. The summed E-state index contributed by atoms with van der Waals surface area (Å²) in [6.45, 7) is -0.254. The summed E-state index contributed by atoms with van der Waals surface area (Å²) in [4.78, 5) is 41.4. The maximum Gasteiger partial charge on any atom is 0.269 e. The van der Waals surface area contributed by atoms with Crippen LogP contribution in [0.1, 0.15) is 5.56 Å².